The van der Waals surface area contributed by atoms with E-state index in [2.05, 4.69) is 270 Å². The van der Waals surface area contributed by atoms with Crippen LogP contribution < -0.4 is 18.9 Å². The monoisotopic (exact) mass is 973 g/mol. The molecule has 0 heterocycles. The summed E-state index contributed by atoms with van der Waals surface area (Å²) < 4.78 is 0. The minimum Gasteiger partial charge on any atom is -0.150 e. The third kappa shape index (κ3) is 9.11. The summed E-state index contributed by atoms with van der Waals surface area (Å²) in [6, 6.07) is 75.0. The third-order valence-corrected chi connectivity index (χ3v) is 17.6. The maximum atomic E-state index is 2.42. The summed E-state index contributed by atoms with van der Waals surface area (Å²) in [5, 5.41) is 2.69. The summed E-state index contributed by atoms with van der Waals surface area (Å²) in [6.07, 6.45) is 21.7. The first-order chi connectivity index (χ1) is 37.0. The summed E-state index contributed by atoms with van der Waals surface area (Å²) in [7, 11) is 0. The van der Waals surface area contributed by atoms with Gasteiger partial charge < -0.3 is 0 Å². The fourth-order valence-corrected chi connectivity index (χ4v) is 14.0. The van der Waals surface area contributed by atoms with Crippen LogP contribution in [0.25, 0.3) is 39.6 Å². The van der Waals surface area contributed by atoms with Gasteiger partial charge in [-0.1, -0.05) is 245 Å². The van der Waals surface area contributed by atoms with Gasteiger partial charge in [-0.05, 0) is 132 Å². The van der Waals surface area contributed by atoms with Crippen LogP contribution in [0.2, 0.25) is 0 Å². The third-order valence-electron chi connectivity index (χ3n) is 17.6. The number of fused-ring (bicyclic) bond motifs is 8. The molecule has 0 aromatic heterocycles. The van der Waals surface area contributed by atoms with E-state index in [9.17, 15) is 0 Å². The van der Waals surface area contributed by atoms with Crippen LogP contribution in [0.15, 0.2) is 237 Å². The topological polar surface area (TPSA) is 0 Å². The van der Waals surface area contributed by atoms with Gasteiger partial charge in [-0.3, -0.25) is 0 Å². The van der Waals surface area contributed by atoms with Gasteiger partial charge in [-0.25, -0.2) is 0 Å². The molecule has 76 heavy (non-hydrogen) atoms. The molecule has 366 valence electrons. The van der Waals surface area contributed by atoms with Crippen molar-refractivity contribution < 1.29 is 18.9 Å². The molecule has 0 amide bonds. The predicted molar refractivity (Wildman–Crippen MR) is 319 cm³/mol. The van der Waals surface area contributed by atoms with Crippen molar-refractivity contribution in [2.24, 2.45) is 0 Å². The molecule has 0 spiro atoms. The van der Waals surface area contributed by atoms with E-state index in [1.807, 2.05) is 0 Å². The Labute approximate surface area is 463 Å². The second-order valence-electron chi connectivity index (χ2n) is 21.9. The molecule has 0 bridgehead atoms. The fraction of sp³-hybridized carbons (Fsp3) is 0.187. The molecule has 9 aromatic rings. The van der Waals surface area contributed by atoms with E-state index in [1.54, 1.807) is 22.3 Å². The van der Waals surface area contributed by atoms with E-state index in [1.165, 1.54) is 114 Å². The van der Waals surface area contributed by atoms with E-state index < -0.39 is 0 Å². The Balaban J connectivity index is 0.000000102. The Bertz CT molecular complexity index is 3590. The van der Waals surface area contributed by atoms with Crippen LogP contribution in [-0.2, 0) is 12.8 Å². The fourth-order valence-electron chi connectivity index (χ4n) is 14.0. The molecule has 0 nitrogen and oxygen atoms in total. The molecule has 0 saturated heterocycles. The van der Waals surface area contributed by atoms with E-state index in [-0.39, 0.29) is 18.9 Å². The average Bonchev–Trinajstić information content (AvgIpc) is 4.39. The molecule has 9 aromatic carbocycles. The normalized spacial score (nSPS) is 21.8. The molecule has 0 radical (unpaired) electrons. The number of aryl methyl sites for hydroxylation is 2. The molecule has 7 unspecified atom stereocenters. The van der Waals surface area contributed by atoms with Crippen LogP contribution in [0.3, 0.4) is 0 Å². The van der Waals surface area contributed by atoms with Crippen molar-refractivity contribution in [1.29, 1.82) is 0 Å². The number of benzene rings is 8. The standard InChI is InChI=1S/C20H18.C19H15.C18H18.C18H14.Li/c1-13-11-19(17-9-5-3-7-15(13)17)20-12-14(2)16-8-4-6-10-18(16)20;1-13-12-19(17-9-5-4-7-15(13)17)18-11-10-14-6-2-3-8-16(14)18;2*1-3-7-15-13(5-1)9-11-17(15)18-12-10-14-6-2-4-8-16(14)18;/h3-14H,1-2H3;2-13H,1H3;1-8,17-18H,9-12H2;1-12,17-18H;/q;-1;;;+1. The van der Waals surface area contributed by atoms with Crippen molar-refractivity contribution >= 4 is 39.6 Å². The zero-order valence-electron chi connectivity index (χ0n) is 44.5. The molecule has 7 atom stereocenters. The van der Waals surface area contributed by atoms with Gasteiger partial charge in [0.15, 0.2) is 0 Å². The summed E-state index contributed by atoms with van der Waals surface area (Å²) in [5.74, 6) is 4.09. The van der Waals surface area contributed by atoms with Crippen LogP contribution in [-0.4, -0.2) is 0 Å². The van der Waals surface area contributed by atoms with Crippen molar-refractivity contribution in [3.8, 4) is 0 Å². The molecule has 7 aliphatic carbocycles. The Kier molecular flexibility index (Phi) is 13.9. The minimum absolute atomic E-state index is 0. The van der Waals surface area contributed by atoms with Crippen LogP contribution in [0.4, 0.5) is 0 Å². The number of hydrogen-bond acceptors (Lipinski definition) is 0. The Morgan fingerprint density at radius 3 is 1.21 bits per heavy atom. The molecule has 1 heteroatoms. The Hall–Kier alpha value is -7.33. The molecule has 0 fully saturated rings. The van der Waals surface area contributed by atoms with Crippen LogP contribution in [0.5, 0.6) is 0 Å². The molecule has 0 N–H and O–H groups in total. The van der Waals surface area contributed by atoms with E-state index in [4.69, 9.17) is 0 Å². The van der Waals surface area contributed by atoms with Gasteiger partial charge in [-0.15, -0.1) is 46.7 Å². The molecular weight excluding hydrogens is 908 g/mol. The summed E-state index contributed by atoms with van der Waals surface area (Å²) in [4.78, 5) is 0. The van der Waals surface area contributed by atoms with Gasteiger partial charge in [0.25, 0.3) is 0 Å². The van der Waals surface area contributed by atoms with Gasteiger partial charge >= 0.3 is 18.9 Å². The number of allylic oxidation sites excluding steroid dienone is 7. The van der Waals surface area contributed by atoms with Gasteiger partial charge in [0.1, 0.15) is 0 Å². The van der Waals surface area contributed by atoms with Gasteiger partial charge in [-0.2, -0.15) is 0 Å². The summed E-state index contributed by atoms with van der Waals surface area (Å²) >= 11 is 0. The van der Waals surface area contributed by atoms with Crippen molar-refractivity contribution in [2.75, 3.05) is 0 Å². The van der Waals surface area contributed by atoms with E-state index >= 15 is 0 Å². The van der Waals surface area contributed by atoms with Crippen molar-refractivity contribution in [2.45, 2.75) is 87.9 Å². The molecule has 7 aliphatic rings. The van der Waals surface area contributed by atoms with Crippen LogP contribution in [0.1, 0.15) is 158 Å². The average molecular weight is 973 g/mol. The Morgan fingerprint density at radius 1 is 0.355 bits per heavy atom. The minimum atomic E-state index is 0. The maximum absolute atomic E-state index is 2.42. The summed E-state index contributed by atoms with van der Waals surface area (Å²) in [6.45, 7) is 6.85. The zero-order valence-corrected chi connectivity index (χ0v) is 44.5. The largest absolute Gasteiger partial charge is 1.00 e. The second kappa shape index (κ2) is 21.4. The number of rotatable bonds is 4. The SMILES string of the molecule is C1=CC(C2C=Cc3ccccc32)c2ccccc21.CC1C=C(C2=CC(C)c3ccccc32)c2ccccc21.CC1C=C(c2c[cH-]c3ccccc23)c2ccccc21.[Li+].c1ccc2c(c1)CCC2C1CCc2ccccc21. The van der Waals surface area contributed by atoms with Gasteiger partial charge in [0.05, 0.1) is 0 Å². The molecule has 16 rings (SSSR count). The van der Waals surface area contributed by atoms with E-state index in [0.717, 1.165) is 11.8 Å². The molecule has 0 saturated carbocycles. The number of hydrogen-bond donors (Lipinski definition) is 0. The molecule has 0 aliphatic heterocycles. The van der Waals surface area contributed by atoms with Gasteiger partial charge in [0.2, 0.25) is 0 Å². The van der Waals surface area contributed by atoms with Crippen molar-refractivity contribution in [3.63, 3.8) is 0 Å². The summed E-state index contributed by atoms with van der Waals surface area (Å²) in [5.41, 5.74) is 26.3. The van der Waals surface area contributed by atoms with E-state index in [0.29, 0.717) is 29.6 Å². The van der Waals surface area contributed by atoms with Crippen molar-refractivity contribution in [1.82, 2.24) is 0 Å². The molecular formula is C75H65Li. The Morgan fingerprint density at radius 2 is 0.724 bits per heavy atom. The van der Waals surface area contributed by atoms with Crippen LogP contribution >= 0.6 is 0 Å². The second-order valence-corrected chi connectivity index (χ2v) is 21.9. The quantitative estimate of drug-likeness (QED) is 0.122. The first-order valence-corrected chi connectivity index (χ1v) is 27.7. The smallest absolute Gasteiger partial charge is 0.150 e. The van der Waals surface area contributed by atoms with Crippen LogP contribution in [0, 0.1) is 0 Å². The predicted octanol–water partition coefficient (Wildman–Crippen LogP) is 16.6. The van der Waals surface area contributed by atoms with Crippen molar-refractivity contribution in [3.05, 3.63) is 320 Å². The van der Waals surface area contributed by atoms with Gasteiger partial charge in [0, 0.05) is 23.7 Å². The zero-order chi connectivity index (χ0) is 50.4. The maximum Gasteiger partial charge on any atom is 1.00 e. The first-order valence-electron chi connectivity index (χ1n) is 27.7. The first kappa shape index (κ1) is 49.5.